The smallest absolute Gasteiger partial charge is 0.164 e. The Morgan fingerprint density at radius 3 is 2.21 bits per heavy atom. The van der Waals surface area contributed by atoms with Crippen LogP contribution in [0.4, 0.5) is 0 Å². The molecule has 0 aromatic carbocycles. The van der Waals surface area contributed by atoms with E-state index in [2.05, 4.69) is 0 Å². The predicted molar refractivity (Wildman–Crippen MR) is 64.5 cm³/mol. The molecule has 6 heteroatoms. The Kier molecular flexibility index (Phi) is 3.16. The Balaban J connectivity index is 1.76. The summed E-state index contributed by atoms with van der Waals surface area (Å²) in [7, 11) is 0. The molecule has 0 saturated carbocycles. The molecule has 3 unspecified atom stereocenters. The molecule has 3 rings (SSSR count). The van der Waals surface area contributed by atoms with Crippen molar-refractivity contribution in [1.82, 2.24) is 0 Å². The lowest BCUT2D eigenvalue weighted by molar-refractivity contribution is -0.209. The fraction of sp³-hybridized carbons (Fsp3) is 1.00. The van der Waals surface area contributed by atoms with E-state index in [-0.39, 0.29) is 37.1 Å². The molecule has 5 atom stereocenters. The van der Waals surface area contributed by atoms with Crippen LogP contribution in [0.25, 0.3) is 0 Å². The third-order valence-electron chi connectivity index (χ3n) is 3.76. The molecular weight excluding hydrogens is 252 g/mol. The van der Waals surface area contributed by atoms with Crippen molar-refractivity contribution in [2.24, 2.45) is 0 Å². The van der Waals surface area contributed by atoms with Gasteiger partial charge in [-0.1, -0.05) is 0 Å². The highest BCUT2D eigenvalue weighted by Crippen LogP contribution is 2.41. The van der Waals surface area contributed by atoms with E-state index in [0.29, 0.717) is 6.61 Å². The molecule has 3 saturated heterocycles. The average molecular weight is 274 g/mol. The van der Waals surface area contributed by atoms with Gasteiger partial charge in [-0.2, -0.15) is 0 Å². The van der Waals surface area contributed by atoms with Gasteiger partial charge in [-0.15, -0.1) is 0 Å². The van der Waals surface area contributed by atoms with E-state index in [0.717, 1.165) is 0 Å². The van der Waals surface area contributed by atoms with E-state index in [1.54, 1.807) is 0 Å². The summed E-state index contributed by atoms with van der Waals surface area (Å²) in [5.41, 5.74) is 0. The third-order valence-corrected chi connectivity index (χ3v) is 3.76. The Morgan fingerprint density at radius 2 is 1.63 bits per heavy atom. The topological polar surface area (TPSA) is 66.4 Å². The van der Waals surface area contributed by atoms with Crippen molar-refractivity contribution < 1.29 is 28.8 Å². The van der Waals surface area contributed by atoms with E-state index in [4.69, 9.17) is 23.7 Å². The summed E-state index contributed by atoms with van der Waals surface area (Å²) in [6.07, 6.45) is -1.32. The lowest BCUT2D eigenvalue weighted by Crippen LogP contribution is -2.40. The molecule has 0 spiro atoms. The van der Waals surface area contributed by atoms with Gasteiger partial charge < -0.3 is 28.8 Å². The quantitative estimate of drug-likeness (QED) is 0.787. The van der Waals surface area contributed by atoms with Gasteiger partial charge in [0.15, 0.2) is 11.6 Å². The molecule has 3 aliphatic rings. The van der Waals surface area contributed by atoms with Crippen molar-refractivity contribution in [2.75, 3.05) is 13.2 Å². The number of ether oxygens (including phenoxy) is 5. The van der Waals surface area contributed by atoms with Gasteiger partial charge in [0.1, 0.15) is 30.5 Å². The van der Waals surface area contributed by atoms with Gasteiger partial charge in [-0.05, 0) is 27.7 Å². The van der Waals surface area contributed by atoms with Crippen LogP contribution in [0.5, 0.6) is 0 Å². The molecule has 0 aromatic heterocycles. The highest BCUT2D eigenvalue weighted by atomic mass is 16.8. The number of hydrogen-bond acceptors (Lipinski definition) is 6. The highest BCUT2D eigenvalue weighted by molar-refractivity contribution is 5.01. The second-order valence-corrected chi connectivity index (χ2v) is 6.25. The fourth-order valence-corrected chi connectivity index (χ4v) is 3.04. The molecule has 3 heterocycles. The zero-order valence-electron chi connectivity index (χ0n) is 11.8. The first-order valence-corrected chi connectivity index (χ1v) is 6.75. The Hall–Kier alpha value is -0.240. The number of aliphatic hydroxyl groups is 1. The van der Waals surface area contributed by atoms with E-state index >= 15 is 0 Å². The van der Waals surface area contributed by atoms with Gasteiger partial charge >= 0.3 is 0 Å². The Bertz CT molecular complexity index is 355. The minimum atomic E-state index is -0.653. The standard InChI is InChI=1S/C13H22O6/c1-12(2)15-6-8(17-12)9-11-10(7(5-14)16-9)18-13(3,4)19-11/h7-11,14H,5-6H2,1-4H3/t7-,8?,9-,10?,11?/m1/s1. The van der Waals surface area contributed by atoms with Crippen LogP contribution in [0, 0.1) is 0 Å². The zero-order chi connectivity index (χ0) is 13.8. The molecule has 0 radical (unpaired) electrons. The largest absolute Gasteiger partial charge is 0.394 e. The normalized spacial score (nSPS) is 47.5. The summed E-state index contributed by atoms with van der Waals surface area (Å²) in [6.45, 7) is 7.86. The summed E-state index contributed by atoms with van der Waals surface area (Å²) in [4.78, 5) is 0. The molecule has 0 aromatic rings. The molecule has 1 N–H and O–H groups in total. The maximum Gasteiger partial charge on any atom is 0.164 e. The van der Waals surface area contributed by atoms with E-state index in [9.17, 15) is 5.11 Å². The monoisotopic (exact) mass is 274 g/mol. The van der Waals surface area contributed by atoms with Crippen molar-refractivity contribution in [1.29, 1.82) is 0 Å². The third kappa shape index (κ3) is 2.41. The lowest BCUT2D eigenvalue weighted by atomic mass is 10.0. The van der Waals surface area contributed by atoms with Crippen molar-refractivity contribution in [3.63, 3.8) is 0 Å². The Morgan fingerprint density at radius 1 is 0.947 bits per heavy atom. The van der Waals surface area contributed by atoms with Crippen LogP contribution in [-0.4, -0.2) is 60.4 Å². The molecular formula is C13H22O6. The van der Waals surface area contributed by atoms with Crippen LogP contribution >= 0.6 is 0 Å². The van der Waals surface area contributed by atoms with Gasteiger partial charge in [0, 0.05) is 0 Å². The number of aliphatic hydroxyl groups excluding tert-OH is 1. The summed E-state index contributed by atoms with van der Waals surface area (Å²) in [5.74, 6) is -1.25. The fourth-order valence-electron chi connectivity index (χ4n) is 3.04. The molecule has 3 aliphatic heterocycles. The van der Waals surface area contributed by atoms with Gasteiger partial charge in [0.25, 0.3) is 0 Å². The maximum atomic E-state index is 9.41. The summed E-state index contributed by atoms with van der Waals surface area (Å²) in [5, 5.41) is 9.41. The summed E-state index contributed by atoms with van der Waals surface area (Å²) in [6, 6.07) is 0. The Labute approximate surface area is 112 Å². The zero-order valence-corrected chi connectivity index (χ0v) is 11.8. The average Bonchev–Trinajstić information content (AvgIpc) is 2.89. The van der Waals surface area contributed by atoms with Crippen LogP contribution in [0.2, 0.25) is 0 Å². The molecule has 19 heavy (non-hydrogen) atoms. The molecule has 110 valence electrons. The molecule has 3 fully saturated rings. The first-order valence-electron chi connectivity index (χ1n) is 6.75. The number of fused-ring (bicyclic) bond motifs is 1. The van der Waals surface area contributed by atoms with Crippen molar-refractivity contribution in [3.05, 3.63) is 0 Å². The lowest BCUT2D eigenvalue weighted by Gasteiger charge is -2.26. The first-order chi connectivity index (χ1) is 8.81. The minimum Gasteiger partial charge on any atom is -0.394 e. The predicted octanol–water partition coefficient (Wildman–Crippen LogP) is 0.418. The van der Waals surface area contributed by atoms with Crippen LogP contribution < -0.4 is 0 Å². The SMILES string of the molecule is CC1(C)OCC([C@H]2O[C@H](CO)C3OC(C)(C)OC32)O1. The van der Waals surface area contributed by atoms with Crippen LogP contribution in [0.15, 0.2) is 0 Å². The summed E-state index contributed by atoms with van der Waals surface area (Å²) < 4.78 is 29.0. The second-order valence-electron chi connectivity index (χ2n) is 6.25. The minimum absolute atomic E-state index is 0.0892. The maximum absolute atomic E-state index is 9.41. The molecule has 0 amide bonds. The molecule has 0 bridgehead atoms. The first kappa shape index (κ1) is 13.7. The number of hydrogen-bond donors (Lipinski definition) is 1. The highest BCUT2D eigenvalue weighted by Gasteiger charge is 2.58. The van der Waals surface area contributed by atoms with Gasteiger partial charge in [-0.25, -0.2) is 0 Å². The van der Waals surface area contributed by atoms with Crippen LogP contribution in [0.1, 0.15) is 27.7 Å². The van der Waals surface area contributed by atoms with Crippen LogP contribution in [0.3, 0.4) is 0 Å². The van der Waals surface area contributed by atoms with Gasteiger partial charge in [0.05, 0.1) is 13.2 Å². The molecule has 6 nitrogen and oxygen atoms in total. The van der Waals surface area contributed by atoms with E-state index in [1.165, 1.54) is 0 Å². The van der Waals surface area contributed by atoms with Gasteiger partial charge in [-0.3, -0.25) is 0 Å². The molecule has 0 aliphatic carbocycles. The summed E-state index contributed by atoms with van der Waals surface area (Å²) >= 11 is 0. The van der Waals surface area contributed by atoms with Crippen molar-refractivity contribution in [3.8, 4) is 0 Å². The van der Waals surface area contributed by atoms with E-state index < -0.39 is 11.6 Å². The second kappa shape index (κ2) is 4.38. The van der Waals surface area contributed by atoms with Crippen molar-refractivity contribution in [2.45, 2.75) is 69.8 Å². The van der Waals surface area contributed by atoms with Gasteiger partial charge in [0.2, 0.25) is 0 Å². The van der Waals surface area contributed by atoms with Crippen LogP contribution in [-0.2, 0) is 23.7 Å². The van der Waals surface area contributed by atoms with Crippen molar-refractivity contribution >= 4 is 0 Å². The number of rotatable bonds is 2. The van der Waals surface area contributed by atoms with E-state index in [1.807, 2.05) is 27.7 Å².